The Hall–Kier alpha value is -2.21. The molecule has 0 aliphatic carbocycles. The van der Waals surface area contributed by atoms with Crippen molar-refractivity contribution in [3.8, 4) is 0 Å². The van der Waals surface area contributed by atoms with Gasteiger partial charge in [-0.2, -0.15) is 0 Å². The first-order valence-corrected chi connectivity index (χ1v) is 7.24. The van der Waals surface area contributed by atoms with E-state index in [-0.39, 0.29) is 24.8 Å². The van der Waals surface area contributed by atoms with Crippen LogP contribution in [0.4, 0.5) is 10.1 Å². The van der Waals surface area contributed by atoms with Gasteiger partial charge >= 0.3 is 0 Å². The molecule has 6 heteroatoms. The predicted octanol–water partition coefficient (Wildman–Crippen LogP) is 2.53. The minimum atomic E-state index is -0.421. The summed E-state index contributed by atoms with van der Waals surface area (Å²) in [6.45, 7) is -0.0687. The Balaban J connectivity index is 1.85. The van der Waals surface area contributed by atoms with Gasteiger partial charge in [-0.25, -0.2) is 4.39 Å². The van der Waals surface area contributed by atoms with Crippen LogP contribution in [0.2, 0.25) is 0 Å². The Morgan fingerprint density at radius 2 is 2.10 bits per heavy atom. The van der Waals surface area contributed by atoms with Crippen LogP contribution in [0.5, 0.6) is 0 Å². The van der Waals surface area contributed by atoms with Crippen molar-refractivity contribution in [1.29, 1.82) is 0 Å². The zero-order chi connectivity index (χ0) is 15.2. The standard InChI is InChI=1S/C15H15FN2O2S/c1-18(15(20)9-13-6-3-7-21-13)10-14(19)17-12-5-2-4-11(16)8-12/h2-8H,9-10H2,1H3,(H,17,19). The Labute approximate surface area is 126 Å². The monoisotopic (exact) mass is 306 g/mol. The van der Waals surface area contributed by atoms with Crippen molar-refractivity contribution >= 4 is 28.8 Å². The molecule has 0 spiro atoms. The summed E-state index contributed by atoms with van der Waals surface area (Å²) in [6, 6.07) is 9.38. The molecule has 0 saturated carbocycles. The summed E-state index contributed by atoms with van der Waals surface area (Å²) >= 11 is 1.50. The number of anilines is 1. The van der Waals surface area contributed by atoms with Crippen LogP contribution < -0.4 is 5.32 Å². The van der Waals surface area contributed by atoms with Gasteiger partial charge in [0.05, 0.1) is 13.0 Å². The van der Waals surface area contributed by atoms with E-state index in [1.54, 1.807) is 13.1 Å². The van der Waals surface area contributed by atoms with Crippen molar-refractivity contribution in [1.82, 2.24) is 4.90 Å². The molecule has 1 aromatic heterocycles. The molecule has 110 valence electrons. The maximum absolute atomic E-state index is 13.0. The molecule has 2 amide bonds. The summed E-state index contributed by atoms with van der Waals surface area (Å²) in [5, 5.41) is 4.46. The second-order valence-electron chi connectivity index (χ2n) is 4.56. The summed E-state index contributed by atoms with van der Waals surface area (Å²) in [7, 11) is 1.57. The maximum Gasteiger partial charge on any atom is 0.243 e. The number of carbonyl (C=O) groups excluding carboxylic acids is 2. The molecule has 1 aromatic carbocycles. The molecule has 0 saturated heterocycles. The van der Waals surface area contributed by atoms with E-state index < -0.39 is 5.82 Å². The highest BCUT2D eigenvalue weighted by Gasteiger charge is 2.14. The molecule has 2 aromatic rings. The summed E-state index contributed by atoms with van der Waals surface area (Å²) in [5.41, 5.74) is 0.374. The third-order valence-electron chi connectivity index (χ3n) is 2.82. The Morgan fingerprint density at radius 1 is 1.29 bits per heavy atom. The minimum Gasteiger partial charge on any atom is -0.336 e. The topological polar surface area (TPSA) is 49.4 Å². The first-order chi connectivity index (χ1) is 10.0. The maximum atomic E-state index is 13.0. The Bertz CT molecular complexity index is 628. The van der Waals surface area contributed by atoms with E-state index in [1.807, 2.05) is 17.5 Å². The van der Waals surface area contributed by atoms with Gasteiger partial charge in [-0.3, -0.25) is 9.59 Å². The summed E-state index contributed by atoms with van der Waals surface area (Å²) in [5.74, 6) is -0.913. The SMILES string of the molecule is CN(CC(=O)Nc1cccc(F)c1)C(=O)Cc1cccs1. The van der Waals surface area contributed by atoms with Crippen molar-refractivity contribution < 1.29 is 14.0 Å². The number of nitrogens with one attached hydrogen (secondary N) is 1. The van der Waals surface area contributed by atoms with Crippen molar-refractivity contribution in [2.24, 2.45) is 0 Å². The van der Waals surface area contributed by atoms with Gasteiger partial charge in [0, 0.05) is 17.6 Å². The van der Waals surface area contributed by atoms with Gasteiger partial charge in [-0.1, -0.05) is 12.1 Å². The van der Waals surface area contributed by atoms with Crippen LogP contribution >= 0.6 is 11.3 Å². The zero-order valence-electron chi connectivity index (χ0n) is 11.5. The van der Waals surface area contributed by atoms with Gasteiger partial charge in [-0.15, -0.1) is 11.3 Å². The average molecular weight is 306 g/mol. The van der Waals surface area contributed by atoms with Crippen LogP contribution in [0.15, 0.2) is 41.8 Å². The Kier molecular flexibility index (Phi) is 5.05. The summed E-state index contributed by atoms with van der Waals surface area (Å²) in [6.07, 6.45) is 0.279. The number of halogens is 1. The van der Waals surface area contributed by atoms with E-state index in [0.29, 0.717) is 5.69 Å². The minimum absolute atomic E-state index is 0.0687. The molecule has 1 heterocycles. The first kappa shape index (κ1) is 15.2. The molecule has 0 aliphatic heterocycles. The lowest BCUT2D eigenvalue weighted by Crippen LogP contribution is -2.35. The normalized spacial score (nSPS) is 10.2. The van der Waals surface area contributed by atoms with Crippen LogP contribution in [0.1, 0.15) is 4.88 Å². The zero-order valence-corrected chi connectivity index (χ0v) is 12.3. The number of carbonyl (C=O) groups is 2. The van der Waals surface area contributed by atoms with Gasteiger partial charge in [0.25, 0.3) is 0 Å². The van der Waals surface area contributed by atoms with E-state index >= 15 is 0 Å². The summed E-state index contributed by atoms with van der Waals surface area (Å²) < 4.78 is 13.0. The van der Waals surface area contributed by atoms with Crippen LogP contribution in [-0.2, 0) is 16.0 Å². The smallest absolute Gasteiger partial charge is 0.243 e. The summed E-state index contributed by atoms with van der Waals surface area (Å²) in [4.78, 5) is 26.1. The quantitative estimate of drug-likeness (QED) is 0.923. The predicted molar refractivity (Wildman–Crippen MR) is 80.7 cm³/mol. The second kappa shape index (κ2) is 6.99. The first-order valence-electron chi connectivity index (χ1n) is 6.36. The molecule has 0 atom stereocenters. The van der Waals surface area contributed by atoms with Gasteiger partial charge < -0.3 is 10.2 Å². The number of benzene rings is 1. The lowest BCUT2D eigenvalue weighted by Gasteiger charge is -2.16. The molecule has 0 bridgehead atoms. The van der Waals surface area contributed by atoms with Gasteiger partial charge in [0.1, 0.15) is 5.82 Å². The van der Waals surface area contributed by atoms with Crippen LogP contribution in [0, 0.1) is 5.82 Å². The molecule has 0 aliphatic rings. The molecule has 21 heavy (non-hydrogen) atoms. The molecule has 0 radical (unpaired) electrons. The highest BCUT2D eigenvalue weighted by molar-refractivity contribution is 7.10. The van der Waals surface area contributed by atoms with Crippen LogP contribution in [0.3, 0.4) is 0 Å². The van der Waals surface area contributed by atoms with E-state index in [1.165, 1.54) is 34.4 Å². The lowest BCUT2D eigenvalue weighted by atomic mass is 10.3. The van der Waals surface area contributed by atoms with Crippen molar-refractivity contribution in [3.63, 3.8) is 0 Å². The molecular formula is C15H15FN2O2S. The number of likely N-dealkylation sites (N-methyl/N-ethyl adjacent to an activating group) is 1. The number of rotatable bonds is 5. The number of hydrogen-bond acceptors (Lipinski definition) is 3. The van der Waals surface area contributed by atoms with E-state index in [2.05, 4.69) is 5.32 Å². The third-order valence-corrected chi connectivity index (χ3v) is 3.70. The highest BCUT2D eigenvalue weighted by atomic mass is 32.1. The number of hydrogen-bond donors (Lipinski definition) is 1. The fourth-order valence-electron chi connectivity index (χ4n) is 1.77. The van der Waals surface area contributed by atoms with E-state index in [4.69, 9.17) is 0 Å². The van der Waals surface area contributed by atoms with Gasteiger partial charge in [0.15, 0.2) is 0 Å². The van der Waals surface area contributed by atoms with Crippen molar-refractivity contribution in [3.05, 3.63) is 52.5 Å². The largest absolute Gasteiger partial charge is 0.336 e. The average Bonchev–Trinajstić information content (AvgIpc) is 2.91. The van der Waals surface area contributed by atoms with E-state index in [0.717, 1.165) is 4.88 Å². The van der Waals surface area contributed by atoms with E-state index in [9.17, 15) is 14.0 Å². The second-order valence-corrected chi connectivity index (χ2v) is 5.60. The number of thiophene rings is 1. The molecule has 4 nitrogen and oxygen atoms in total. The highest BCUT2D eigenvalue weighted by Crippen LogP contribution is 2.11. The molecule has 2 rings (SSSR count). The molecule has 1 N–H and O–H groups in total. The number of nitrogens with zero attached hydrogens (tertiary/aromatic N) is 1. The molecular weight excluding hydrogens is 291 g/mol. The van der Waals surface area contributed by atoms with Crippen molar-refractivity contribution in [2.75, 3.05) is 18.9 Å². The Morgan fingerprint density at radius 3 is 2.76 bits per heavy atom. The van der Waals surface area contributed by atoms with Crippen molar-refractivity contribution in [2.45, 2.75) is 6.42 Å². The number of amides is 2. The van der Waals surface area contributed by atoms with Gasteiger partial charge in [-0.05, 0) is 29.6 Å². The third kappa shape index (κ3) is 4.68. The van der Waals surface area contributed by atoms with Crippen LogP contribution in [-0.4, -0.2) is 30.3 Å². The fourth-order valence-corrected chi connectivity index (χ4v) is 2.46. The van der Waals surface area contributed by atoms with Gasteiger partial charge in [0.2, 0.25) is 11.8 Å². The lowest BCUT2D eigenvalue weighted by molar-refractivity contribution is -0.132. The molecule has 0 unspecified atom stereocenters. The molecule has 0 fully saturated rings. The van der Waals surface area contributed by atoms with Crippen LogP contribution in [0.25, 0.3) is 0 Å². The fraction of sp³-hybridized carbons (Fsp3) is 0.200.